The number of benzene rings is 1. The molecular weight excluding hydrogens is 262 g/mol. The van der Waals surface area contributed by atoms with Crippen LogP contribution in [0.15, 0.2) is 36.5 Å². The number of anilines is 1. The summed E-state index contributed by atoms with van der Waals surface area (Å²) in [5.41, 5.74) is 1.04. The van der Waals surface area contributed by atoms with Gasteiger partial charge in [-0.3, -0.25) is 19.7 Å². The Morgan fingerprint density at radius 3 is 2.40 bits per heavy atom. The molecule has 0 atom stereocenters. The molecule has 0 radical (unpaired) electrons. The van der Waals surface area contributed by atoms with Gasteiger partial charge in [-0.25, -0.2) is 0 Å². The Balaban J connectivity index is 2.10. The first kappa shape index (κ1) is 13.5. The zero-order valence-electron chi connectivity index (χ0n) is 10.5. The summed E-state index contributed by atoms with van der Waals surface area (Å²) in [7, 11) is 0. The van der Waals surface area contributed by atoms with E-state index in [-0.39, 0.29) is 17.2 Å². The lowest BCUT2D eigenvalue weighted by molar-refractivity contribution is -0.384. The van der Waals surface area contributed by atoms with Crippen molar-refractivity contribution in [2.45, 2.75) is 6.92 Å². The summed E-state index contributed by atoms with van der Waals surface area (Å²) in [4.78, 5) is 35.7. The van der Waals surface area contributed by atoms with Gasteiger partial charge >= 0.3 is 0 Å². The number of Topliss-reactive ketones (excluding diaryl/α,β-unsaturated/α-hetero) is 1. The van der Waals surface area contributed by atoms with E-state index in [0.29, 0.717) is 11.3 Å². The van der Waals surface area contributed by atoms with Crippen LogP contribution >= 0.6 is 0 Å². The van der Waals surface area contributed by atoms with Crippen LogP contribution in [0.1, 0.15) is 27.8 Å². The van der Waals surface area contributed by atoms with Crippen molar-refractivity contribution >= 4 is 23.1 Å². The van der Waals surface area contributed by atoms with Gasteiger partial charge in [-0.05, 0) is 25.1 Å². The second-order valence-electron chi connectivity index (χ2n) is 4.12. The van der Waals surface area contributed by atoms with E-state index in [9.17, 15) is 19.7 Å². The zero-order chi connectivity index (χ0) is 14.7. The minimum Gasteiger partial charge on any atom is -0.356 e. The largest absolute Gasteiger partial charge is 0.356 e. The third-order valence-corrected chi connectivity index (χ3v) is 2.67. The number of carbonyl (C=O) groups is 2. The van der Waals surface area contributed by atoms with Crippen LogP contribution in [0.25, 0.3) is 0 Å². The number of nitro groups is 1. The van der Waals surface area contributed by atoms with E-state index in [1.54, 1.807) is 0 Å². The maximum atomic E-state index is 11.9. The number of carbonyl (C=O) groups excluding carboxylic acids is 2. The molecule has 0 aliphatic carbocycles. The van der Waals surface area contributed by atoms with Crippen LogP contribution < -0.4 is 5.32 Å². The van der Waals surface area contributed by atoms with Gasteiger partial charge in [-0.2, -0.15) is 0 Å². The number of H-pyrrole nitrogens is 1. The number of hydrogen-bond acceptors (Lipinski definition) is 4. The van der Waals surface area contributed by atoms with E-state index in [2.05, 4.69) is 10.3 Å². The molecule has 0 aliphatic rings. The van der Waals surface area contributed by atoms with Gasteiger partial charge in [0.25, 0.3) is 11.6 Å². The molecule has 1 aromatic carbocycles. The summed E-state index contributed by atoms with van der Waals surface area (Å²) >= 11 is 0. The fourth-order valence-corrected chi connectivity index (χ4v) is 1.59. The summed E-state index contributed by atoms with van der Waals surface area (Å²) in [6.45, 7) is 1.40. The van der Waals surface area contributed by atoms with Crippen LogP contribution in [-0.4, -0.2) is 21.6 Å². The highest BCUT2D eigenvalue weighted by Crippen LogP contribution is 2.16. The number of nitro benzene ring substituents is 1. The van der Waals surface area contributed by atoms with Crippen molar-refractivity contribution in [1.29, 1.82) is 0 Å². The quantitative estimate of drug-likeness (QED) is 0.506. The lowest BCUT2D eigenvalue weighted by Crippen LogP contribution is -2.12. The molecule has 2 aromatic rings. The van der Waals surface area contributed by atoms with E-state index in [0.717, 1.165) is 0 Å². The molecule has 0 saturated heterocycles. The van der Waals surface area contributed by atoms with E-state index < -0.39 is 10.8 Å². The Bertz CT molecular complexity index is 673. The van der Waals surface area contributed by atoms with Crippen molar-refractivity contribution < 1.29 is 14.5 Å². The van der Waals surface area contributed by atoms with Gasteiger partial charge in [0.15, 0.2) is 5.78 Å². The van der Waals surface area contributed by atoms with Crippen LogP contribution in [0.4, 0.5) is 11.4 Å². The minimum atomic E-state index is -0.518. The van der Waals surface area contributed by atoms with Gasteiger partial charge in [0.1, 0.15) is 5.69 Å². The molecular formula is C13H11N3O4. The van der Waals surface area contributed by atoms with Gasteiger partial charge in [-0.15, -0.1) is 0 Å². The number of aromatic nitrogens is 1. The molecule has 20 heavy (non-hydrogen) atoms. The number of aromatic amines is 1. The van der Waals surface area contributed by atoms with E-state index >= 15 is 0 Å². The number of ketones is 1. The molecule has 1 heterocycles. The second-order valence-corrected chi connectivity index (χ2v) is 4.12. The Labute approximate surface area is 113 Å². The maximum absolute atomic E-state index is 11.9. The fourth-order valence-electron chi connectivity index (χ4n) is 1.59. The first-order valence-electron chi connectivity index (χ1n) is 5.72. The normalized spacial score (nSPS) is 10.1. The highest BCUT2D eigenvalue weighted by atomic mass is 16.6. The average Bonchev–Trinajstić information content (AvgIpc) is 2.89. The number of hydrogen-bond donors (Lipinski definition) is 2. The lowest BCUT2D eigenvalue weighted by Gasteiger charge is -2.02. The molecule has 0 fully saturated rings. The van der Waals surface area contributed by atoms with Gasteiger partial charge in [0.05, 0.1) is 4.92 Å². The van der Waals surface area contributed by atoms with Crippen LogP contribution in [-0.2, 0) is 0 Å². The maximum Gasteiger partial charge on any atom is 0.272 e. The van der Waals surface area contributed by atoms with E-state index in [4.69, 9.17) is 0 Å². The van der Waals surface area contributed by atoms with Crippen LogP contribution in [0.3, 0.4) is 0 Å². The van der Waals surface area contributed by atoms with Gasteiger partial charge in [0.2, 0.25) is 0 Å². The summed E-state index contributed by atoms with van der Waals surface area (Å²) in [5.74, 6) is -0.568. The molecule has 0 bridgehead atoms. The number of non-ortho nitro benzene ring substituents is 1. The predicted molar refractivity (Wildman–Crippen MR) is 71.8 cm³/mol. The van der Waals surface area contributed by atoms with Crippen molar-refractivity contribution in [1.82, 2.24) is 4.98 Å². The Morgan fingerprint density at radius 2 is 1.90 bits per heavy atom. The predicted octanol–water partition coefficient (Wildman–Crippen LogP) is 2.38. The smallest absolute Gasteiger partial charge is 0.272 e. The van der Waals surface area contributed by atoms with Crippen molar-refractivity contribution in [3.8, 4) is 0 Å². The standard InChI is InChI=1S/C13H11N3O4/c1-8(17)9-6-12(14-7-9)13(18)15-10-2-4-11(5-3-10)16(19)20/h2-7,14H,1H3,(H,15,18). The molecule has 7 heteroatoms. The van der Waals surface area contributed by atoms with E-state index in [1.165, 1.54) is 43.5 Å². The molecule has 2 N–H and O–H groups in total. The monoisotopic (exact) mass is 273 g/mol. The molecule has 1 amide bonds. The molecule has 0 saturated carbocycles. The Hall–Kier alpha value is -2.96. The molecule has 0 aliphatic heterocycles. The van der Waals surface area contributed by atoms with Crippen molar-refractivity contribution in [3.63, 3.8) is 0 Å². The summed E-state index contributed by atoms with van der Waals surface area (Å²) in [6.07, 6.45) is 1.45. The van der Waals surface area contributed by atoms with Crippen molar-refractivity contribution in [2.24, 2.45) is 0 Å². The summed E-state index contributed by atoms with van der Waals surface area (Å²) in [6, 6.07) is 6.91. The minimum absolute atomic E-state index is 0.0539. The molecule has 7 nitrogen and oxygen atoms in total. The van der Waals surface area contributed by atoms with Gasteiger partial charge in [0, 0.05) is 29.6 Å². The van der Waals surface area contributed by atoms with Crippen molar-refractivity contribution in [2.75, 3.05) is 5.32 Å². The van der Waals surface area contributed by atoms with Crippen molar-refractivity contribution in [3.05, 3.63) is 57.9 Å². The summed E-state index contributed by atoms with van der Waals surface area (Å²) < 4.78 is 0. The third kappa shape index (κ3) is 2.89. The average molecular weight is 273 g/mol. The molecule has 102 valence electrons. The van der Waals surface area contributed by atoms with Crippen LogP contribution in [0.2, 0.25) is 0 Å². The number of nitrogens with one attached hydrogen (secondary N) is 2. The molecule has 0 spiro atoms. The van der Waals surface area contributed by atoms with Gasteiger partial charge in [-0.1, -0.05) is 0 Å². The van der Waals surface area contributed by atoms with Crippen LogP contribution in [0, 0.1) is 10.1 Å². The topological polar surface area (TPSA) is 105 Å². The Kier molecular flexibility index (Phi) is 3.60. The molecule has 2 rings (SSSR count). The number of nitrogens with zero attached hydrogens (tertiary/aromatic N) is 1. The zero-order valence-corrected chi connectivity index (χ0v) is 10.5. The van der Waals surface area contributed by atoms with Crippen LogP contribution in [0.5, 0.6) is 0 Å². The first-order valence-corrected chi connectivity index (χ1v) is 5.72. The Morgan fingerprint density at radius 1 is 1.25 bits per heavy atom. The first-order chi connectivity index (χ1) is 9.47. The highest BCUT2D eigenvalue weighted by Gasteiger charge is 2.11. The fraction of sp³-hybridized carbons (Fsp3) is 0.0769. The van der Waals surface area contributed by atoms with Gasteiger partial charge < -0.3 is 10.3 Å². The third-order valence-electron chi connectivity index (χ3n) is 2.67. The molecule has 0 unspecified atom stereocenters. The van der Waals surface area contributed by atoms with E-state index in [1.807, 2.05) is 0 Å². The lowest BCUT2D eigenvalue weighted by atomic mass is 10.2. The number of amides is 1. The highest BCUT2D eigenvalue weighted by molar-refractivity contribution is 6.05. The molecule has 1 aromatic heterocycles. The number of rotatable bonds is 4. The summed E-state index contributed by atoms with van der Waals surface area (Å²) in [5, 5.41) is 13.1. The second kappa shape index (κ2) is 5.35. The SMILES string of the molecule is CC(=O)c1c[nH]c(C(=O)Nc2ccc([N+](=O)[O-])cc2)c1.